The molecule has 0 bridgehead atoms. The standard InChI is InChI=1S/C18H14N4O3/c1-9-10(2)13-14(15(20)12(9)8-19)18(25)22(17(13)24)21-16(23)11-6-4-3-5-7-11/h3-7H,20H2,1-2H3,(H,21,23). The maximum absolute atomic E-state index is 12.7. The van der Waals surface area contributed by atoms with E-state index in [0.29, 0.717) is 21.7 Å². The first-order chi connectivity index (χ1) is 11.9. The van der Waals surface area contributed by atoms with Crippen LogP contribution in [0.4, 0.5) is 5.69 Å². The van der Waals surface area contributed by atoms with Crippen molar-refractivity contribution in [2.24, 2.45) is 0 Å². The van der Waals surface area contributed by atoms with E-state index in [1.807, 2.05) is 6.07 Å². The summed E-state index contributed by atoms with van der Waals surface area (Å²) in [6.07, 6.45) is 0. The van der Waals surface area contributed by atoms with Crippen molar-refractivity contribution in [3.05, 3.63) is 63.7 Å². The molecule has 3 N–H and O–H groups in total. The van der Waals surface area contributed by atoms with E-state index in [1.165, 1.54) is 0 Å². The topological polar surface area (TPSA) is 116 Å². The van der Waals surface area contributed by atoms with Crippen molar-refractivity contribution in [3.8, 4) is 6.07 Å². The zero-order valence-electron chi connectivity index (χ0n) is 13.6. The number of nitrogens with zero attached hydrogens (tertiary/aromatic N) is 2. The summed E-state index contributed by atoms with van der Waals surface area (Å²) in [6, 6.07) is 10.2. The molecule has 0 unspecified atom stereocenters. The molecule has 1 aliphatic rings. The van der Waals surface area contributed by atoms with Gasteiger partial charge in [-0.15, -0.1) is 0 Å². The third-order valence-corrected chi connectivity index (χ3v) is 4.30. The lowest BCUT2D eigenvalue weighted by molar-refractivity contribution is 0.0518. The molecule has 7 nitrogen and oxygen atoms in total. The van der Waals surface area contributed by atoms with Crippen LogP contribution in [0.1, 0.15) is 47.8 Å². The lowest BCUT2D eigenvalue weighted by Crippen LogP contribution is -2.46. The van der Waals surface area contributed by atoms with E-state index in [1.54, 1.807) is 44.2 Å². The van der Waals surface area contributed by atoms with Crippen LogP contribution in [0.2, 0.25) is 0 Å². The number of hydrogen-bond donors (Lipinski definition) is 2. The van der Waals surface area contributed by atoms with Gasteiger partial charge in [-0.25, -0.2) is 0 Å². The second kappa shape index (κ2) is 5.76. The van der Waals surface area contributed by atoms with E-state index in [-0.39, 0.29) is 22.4 Å². The number of nitrogens with two attached hydrogens (primary N) is 1. The van der Waals surface area contributed by atoms with Gasteiger partial charge in [-0.1, -0.05) is 18.2 Å². The molecule has 0 saturated carbocycles. The van der Waals surface area contributed by atoms with E-state index in [9.17, 15) is 19.6 Å². The fourth-order valence-electron chi connectivity index (χ4n) is 2.83. The van der Waals surface area contributed by atoms with E-state index < -0.39 is 17.7 Å². The molecule has 0 fully saturated rings. The van der Waals surface area contributed by atoms with Crippen LogP contribution in [-0.2, 0) is 0 Å². The number of nitrogens with one attached hydrogen (secondary N) is 1. The quantitative estimate of drug-likeness (QED) is 0.640. The number of hydrogen-bond acceptors (Lipinski definition) is 5. The Bertz CT molecular complexity index is 974. The van der Waals surface area contributed by atoms with Gasteiger partial charge in [-0.2, -0.15) is 10.3 Å². The number of rotatable bonds is 2. The molecule has 0 aromatic heterocycles. The summed E-state index contributed by atoms with van der Waals surface area (Å²) in [7, 11) is 0. The van der Waals surface area contributed by atoms with Gasteiger partial charge in [0.2, 0.25) is 0 Å². The van der Waals surface area contributed by atoms with Gasteiger partial charge in [0.1, 0.15) is 6.07 Å². The lowest BCUT2D eigenvalue weighted by Gasteiger charge is -2.15. The van der Waals surface area contributed by atoms with Gasteiger partial charge in [0.15, 0.2) is 0 Å². The van der Waals surface area contributed by atoms with Gasteiger partial charge in [-0.3, -0.25) is 19.8 Å². The summed E-state index contributed by atoms with van der Waals surface area (Å²) < 4.78 is 0. The Hall–Kier alpha value is -3.66. The Morgan fingerprint density at radius 1 is 1.08 bits per heavy atom. The molecular formula is C18H14N4O3. The molecule has 1 heterocycles. The predicted octanol–water partition coefficient (Wildman–Crippen LogP) is 1.70. The highest BCUT2D eigenvalue weighted by Gasteiger charge is 2.41. The number of carbonyl (C=O) groups excluding carboxylic acids is 3. The number of benzene rings is 2. The Morgan fingerprint density at radius 2 is 1.68 bits per heavy atom. The average Bonchev–Trinajstić information content (AvgIpc) is 2.86. The van der Waals surface area contributed by atoms with Crippen LogP contribution in [-0.4, -0.2) is 22.7 Å². The van der Waals surface area contributed by atoms with Crippen LogP contribution in [0, 0.1) is 25.2 Å². The van der Waals surface area contributed by atoms with Crippen LogP contribution in [0.3, 0.4) is 0 Å². The van der Waals surface area contributed by atoms with Crippen molar-refractivity contribution in [3.63, 3.8) is 0 Å². The molecular weight excluding hydrogens is 320 g/mol. The number of carbonyl (C=O) groups is 3. The second-order valence-corrected chi connectivity index (χ2v) is 5.65. The van der Waals surface area contributed by atoms with Crippen molar-refractivity contribution in [2.75, 3.05) is 5.73 Å². The molecule has 124 valence electrons. The fraction of sp³-hybridized carbons (Fsp3) is 0.111. The number of fused-ring (bicyclic) bond motifs is 1. The minimum absolute atomic E-state index is 0.0435. The van der Waals surface area contributed by atoms with Gasteiger partial charge < -0.3 is 5.73 Å². The Balaban J connectivity index is 2.04. The van der Waals surface area contributed by atoms with E-state index >= 15 is 0 Å². The van der Waals surface area contributed by atoms with Gasteiger partial charge >= 0.3 is 0 Å². The summed E-state index contributed by atoms with van der Waals surface area (Å²) >= 11 is 0. The summed E-state index contributed by atoms with van der Waals surface area (Å²) in [6.45, 7) is 3.30. The molecule has 0 radical (unpaired) electrons. The van der Waals surface area contributed by atoms with Crippen molar-refractivity contribution in [1.29, 1.82) is 5.26 Å². The molecule has 0 atom stereocenters. The highest BCUT2D eigenvalue weighted by atomic mass is 16.2. The fourth-order valence-corrected chi connectivity index (χ4v) is 2.83. The van der Waals surface area contributed by atoms with Gasteiger partial charge in [0, 0.05) is 5.56 Å². The van der Waals surface area contributed by atoms with Gasteiger partial charge in [0.05, 0.1) is 22.4 Å². The molecule has 7 heteroatoms. The predicted molar refractivity (Wildman–Crippen MR) is 89.5 cm³/mol. The van der Waals surface area contributed by atoms with Crippen molar-refractivity contribution in [2.45, 2.75) is 13.8 Å². The van der Waals surface area contributed by atoms with E-state index in [0.717, 1.165) is 0 Å². The highest BCUT2D eigenvalue weighted by molar-refractivity contribution is 6.25. The first-order valence-electron chi connectivity index (χ1n) is 7.46. The number of imide groups is 1. The van der Waals surface area contributed by atoms with E-state index in [2.05, 4.69) is 5.43 Å². The Labute approximate surface area is 143 Å². The molecule has 2 aromatic rings. The summed E-state index contributed by atoms with van der Waals surface area (Å²) in [5.74, 6) is -2.01. The van der Waals surface area contributed by atoms with Crippen LogP contribution in [0.25, 0.3) is 0 Å². The first-order valence-corrected chi connectivity index (χ1v) is 7.46. The Morgan fingerprint density at radius 3 is 2.28 bits per heavy atom. The van der Waals surface area contributed by atoms with Gasteiger partial charge in [-0.05, 0) is 37.1 Å². The molecule has 1 aliphatic heterocycles. The molecule has 3 rings (SSSR count). The maximum Gasteiger partial charge on any atom is 0.282 e. The molecule has 0 spiro atoms. The smallest absolute Gasteiger partial charge is 0.282 e. The zero-order valence-corrected chi connectivity index (χ0v) is 13.6. The summed E-state index contributed by atoms with van der Waals surface area (Å²) in [5.41, 5.74) is 9.77. The third-order valence-electron chi connectivity index (χ3n) is 4.30. The SMILES string of the molecule is Cc1c(C)c2c(c(N)c1C#N)C(=O)N(NC(=O)c1ccccc1)C2=O. The number of anilines is 1. The molecule has 2 aromatic carbocycles. The minimum Gasteiger partial charge on any atom is -0.397 e. The summed E-state index contributed by atoms with van der Waals surface area (Å²) in [5, 5.41) is 9.90. The number of amides is 3. The average molecular weight is 334 g/mol. The highest BCUT2D eigenvalue weighted by Crippen LogP contribution is 2.34. The first kappa shape index (κ1) is 16.2. The monoisotopic (exact) mass is 334 g/mol. The van der Waals surface area contributed by atoms with Crippen LogP contribution in [0.5, 0.6) is 0 Å². The minimum atomic E-state index is -0.749. The van der Waals surface area contributed by atoms with Crippen LogP contribution >= 0.6 is 0 Å². The zero-order chi connectivity index (χ0) is 18.3. The normalized spacial score (nSPS) is 12.8. The molecule has 3 amide bonds. The van der Waals surface area contributed by atoms with Crippen molar-refractivity contribution in [1.82, 2.24) is 10.4 Å². The Kier molecular flexibility index (Phi) is 3.73. The van der Waals surface area contributed by atoms with Crippen molar-refractivity contribution < 1.29 is 14.4 Å². The van der Waals surface area contributed by atoms with Crippen molar-refractivity contribution >= 4 is 23.4 Å². The number of nitrogen functional groups attached to an aromatic ring is 1. The second-order valence-electron chi connectivity index (χ2n) is 5.65. The lowest BCUT2D eigenvalue weighted by atomic mass is 9.92. The molecule has 0 aliphatic carbocycles. The third kappa shape index (κ3) is 2.32. The van der Waals surface area contributed by atoms with E-state index in [4.69, 9.17) is 5.73 Å². The van der Waals surface area contributed by atoms with Crippen LogP contribution < -0.4 is 11.2 Å². The molecule has 25 heavy (non-hydrogen) atoms. The summed E-state index contributed by atoms with van der Waals surface area (Å²) in [4.78, 5) is 37.5. The van der Waals surface area contributed by atoms with Gasteiger partial charge in [0.25, 0.3) is 17.7 Å². The number of nitriles is 1. The van der Waals surface area contributed by atoms with Crippen LogP contribution in [0.15, 0.2) is 30.3 Å². The maximum atomic E-state index is 12.7. The largest absolute Gasteiger partial charge is 0.397 e. The number of hydrazine groups is 1. The molecule has 0 saturated heterocycles.